The van der Waals surface area contributed by atoms with E-state index in [4.69, 9.17) is 15.6 Å². The first-order valence-electron chi connectivity index (χ1n) is 14.4. The maximum Gasteiger partial charge on any atom is 0.330 e. The molecule has 0 aliphatic carbocycles. The Hall–Kier alpha value is -4.43. The molecular weight excluding hydrogens is 605 g/mol. The van der Waals surface area contributed by atoms with E-state index in [1.807, 2.05) is 24.1 Å². The summed E-state index contributed by atoms with van der Waals surface area (Å²) in [7, 11) is 1.27. The Morgan fingerprint density at radius 2 is 1.80 bits per heavy atom. The zero-order valence-electron chi connectivity index (χ0n) is 25.0. The number of halogens is 3. The van der Waals surface area contributed by atoms with Crippen molar-refractivity contribution in [2.75, 3.05) is 30.6 Å². The zero-order valence-corrected chi connectivity index (χ0v) is 25.8. The van der Waals surface area contributed by atoms with Gasteiger partial charge in [-0.25, -0.2) is 13.6 Å². The standard InChI is InChI=1S/C31H33F3N8O2S/c1-18(19-4-7-22(32)8-5-19)44-26-14-20(6-9-25(26)39-45(43)31(33)34)28-27-29(41(3)38-28)24(16-36-30(27)35)21-15-37-42(17-21)23-10-12-40(2)13-11-23/h4-9,14-18,23,31,39H,10-13H2,1-3H3,(H2,35,36). The predicted octanol–water partition coefficient (Wildman–Crippen LogP) is 5.93. The van der Waals surface area contributed by atoms with Gasteiger partial charge in [0.15, 0.2) is 11.0 Å². The number of nitrogens with one attached hydrogen (secondary N) is 1. The summed E-state index contributed by atoms with van der Waals surface area (Å²) in [5.41, 5.74) is 10.7. The lowest BCUT2D eigenvalue weighted by Gasteiger charge is -2.28. The summed E-state index contributed by atoms with van der Waals surface area (Å²) >= 11 is 0. The highest BCUT2D eigenvalue weighted by Gasteiger charge is 2.24. The van der Waals surface area contributed by atoms with E-state index in [0.717, 1.165) is 42.6 Å². The summed E-state index contributed by atoms with van der Waals surface area (Å²) in [6.07, 6.45) is 7.00. The number of fused-ring (bicyclic) bond motifs is 1. The molecule has 1 aliphatic rings. The molecule has 1 aliphatic heterocycles. The number of pyridine rings is 1. The van der Waals surface area contributed by atoms with Gasteiger partial charge in [-0.15, -0.1) is 0 Å². The molecule has 1 fully saturated rings. The zero-order chi connectivity index (χ0) is 31.8. The predicted molar refractivity (Wildman–Crippen MR) is 169 cm³/mol. The van der Waals surface area contributed by atoms with Gasteiger partial charge in [-0.2, -0.15) is 19.0 Å². The number of benzene rings is 2. The van der Waals surface area contributed by atoms with Gasteiger partial charge in [0.1, 0.15) is 29.2 Å². The van der Waals surface area contributed by atoms with E-state index in [-0.39, 0.29) is 17.3 Å². The number of rotatable bonds is 9. The van der Waals surface area contributed by atoms with Crippen LogP contribution in [0.25, 0.3) is 33.3 Å². The molecule has 14 heteroatoms. The fourth-order valence-corrected chi connectivity index (χ4v) is 6.16. The van der Waals surface area contributed by atoms with Gasteiger partial charge in [-0.3, -0.25) is 14.1 Å². The van der Waals surface area contributed by atoms with E-state index in [9.17, 15) is 17.4 Å². The maximum atomic E-state index is 13.5. The highest BCUT2D eigenvalue weighted by Crippen LogP contribution is 2.40. The normalized spacial score (nSPS) is 15.9. The Bertz CT molecular complexity index is 1850. The molecule has 6 rings (SSSR count). The van der Waals surface area contributed by atoms with Gasteiger partial charge in [0.25, 0.3) is 0 Å². The van der Waals surface area contributed by atoms with Crippen LogP contribution < -0.4 is 15.2 Å². The lowest BCUT2D eigenvalue weighted by Crippen LogP contribution is -2.31. The van der Waals surface area contributed by atoms with Crippen molar-refractivity contribution >= 4 is 33.4 Å². The molecule has 2 aromatic carbocycles. The van der Waals surface area contributed by atoms with E-state index in [0.29, 0.717) is 28.2 Å². The van der Waals surface area contributed by atoms with Crippen molar-refractivity contribution in [1.29, 1.82) is 0 Å². The van der Waals surface area contributed by atoms with Crippen LogP contribution in [-0.2, 0) is 18.0 Å². The lowest BCUT2D eigenvalue weighted by atomic mass is 10.0. The number of hydrogen-bond donors (Lipinski definition) is 2. The van der Waals surface area contributed by atoms with Crippen LogP contribution in [0, 0.1) is 5.82 Å². The number of ether oxygens (including phenoxy) is 1. The van der Waals surface area contributed by atoms with Gasteiger partial charge < -0.3 is 15.4 Å². The molecule has 5 aromatic rings. The summed E-state index contributed by atoms with van der Waals surface area (Å²) in [6.45, 7) is 3.77. The van der Waals surface area contributed by atoms with Crippen LogP contribution in [0.1, 0.15) is 37.5 Å². The molecule has 236 valence electrons. The van der Waals surface area contributed by atoms with Crippen LogP contribution in [0.3, 0.4) is 0 Å². The Kier molecular flexibility index (Phi) is 8.51. The molecule has 0 radical (unpaired) electrons. The second kappa shape index (κ2) is 12.5. The maximum absolute atomic E-state index is 13.5. The molecule has 0 bridgehead atoms. The van der Waals surface area contributed by atoms with Crippen molar-refractivity contribution in [3.63, 3.8) is 0 Å². The summed E-state index contributed by atoms with van der Waals surface area (Å²) < 4.78 is 64.2. The number of alkyl halides is 2. The molecule has 4 heterocycles. The van der Waals surface area contributed by atoms with Gasteiger partial charge in [-0.05, 0) is 69.7 Å². The molecule has 0 spiro atoms. The van der Waals surface area contributed by atoms with Crippen LogP contribution in [0.2, 0.25) is 0 Å². The number of likely N-dealkylation sites (tertiary alicyclic amines) is 1. The quantitative estimate of drug-likeness (QED) is 0.206. The number of hydrogen-bond acceptors (Lipinski definition) is 7. The van der Waals surface area contributed by atoms with Crippen LogP contribution in [-0.4, -0.2) is 59.5 Å². The molecule has 0 saturated carbocycles. The number of aryl methyl sites for hydroxylation is 1. The average molecular weight is 639 g/mol. The van der Waals surface area contributed by atoms with E-state index < -0.39 is 28.7 Å². The first-order chi connectivity index (χ1) is 21.6. The van der Waals surface area contributed by atoms with Crippen LogP contribution in [0.4, 0.5) is 24.7 Å². The molecule has 0 amide bonds. The molecule has 2 unspecified atom stereocenters. The Morgan fingerprint density at radius 3 is 2.51 bits per heavy atom. The Morgan fingerprint density at radius 1 is 1.07 bits per heavy atom. The highest BCUT2D eigenvalue weighted by atomic mass is 32.2. The topological polar surface area (TPSA) is 116 Å². The van der Waals surface area contributed by atoms with Crippen LogP contribution in [0.15, 0.2) is 61.1 Å². The summed E-state index contributed by atoms with van der Waals surface area (Å²) in [6, 6.07) is 10.9. The third-order valence-electron chi connectivity index (χ3n) is 8.14. The number of nitrogens with zero attached hydrogens (tertiary/aromatic N) is 6. The Balaban J connectivity index is 1.40. The molecule has 3 N–H and O–H groups in total. The largest absolute Gasteiger partial charge is 0.484 e. The average Bonchev–Trinajstić information content (AvgIpc) is 3.65. The number of anilines is 2. The minimum Gasteiger partial charge on any atom is -0.484 e. The number of nitrogens with two attached hydrogens (primary N) is 1. The minimum absolute atomic E-state index is 0.0969. The van der Waals surface area contributed by atoms with E-state index in [1.54, 1.807) is 42.1 Å². The smallest absolute Gasteiger partial charge is 0.330 e. The summed E-state index contributed by atoms with van der Waals surface area (Å²) in [5.74, 6) is -3.09. The van der Waals surface area contributed by atoms with Crippen molar-refractivity contribution < 1.29 is 22.1 Å². The van der Waals surface area contributed by atoms with Gasteiger partial charge in [0.05, 0.1) is 28.8 Å². The summed E-state index contributed by atoms with van der Waals surface area (Å²) in [4.78, 5) is 6.80. The van der Waals surface area contributed by atoms with Crippen molar-refractivity contribution in [3.8, 4) is 28.1 Å². The van der Waals surface area contributed by atoms with Crippen LogP contribution >= 0.6 is 0 Å². The monoisotopic (exact) mass is 638 g/mol. The third-order valence-corrected chi connectivity index (χ3v) is 8.88. The van der Waals surface area contributed by atoms with E-state index in [2.05, 4.69) is 26.8 Å². The Labute approximate surface area is 260 Å². The van der Waals surface area contributed by atoms with Gasteiger partial charge >= 0.3 is 5.76 Å². The van der Waals surface area contributed by atoms with Crippen molar-refractivity contribution in [3.05, 3.63) is 72.4 Å². The van der Waals surface area contributed by atoms with Crippen molar-refractivity contribution in [1.82, 2.24) is 29.4 Å². The van der Waals surface area contributed by atoms with Gasteiger partial charge in [0, 0.05) is 36.1 Å². The van der Waals surface area contributed by atoms with Gasteiger partial charge in [-0.1, -0.05) is 18.2 Å². The number of piperidine rings is 1. The molecule has 10 nitrogen and oxygen atoms in total. The molecule has 1 saturated heterocycles. The lowest BCUT2D eigenvalue weighted by molar-refractivity contribution is 0.212. The highest BCUT2D eigenvalue weighted by molar-refractivity contribution is 7.86. The van der Waals surface area contributed by atoms with Gasteiger partial charge in [0.2, 0.25) is 0 Å². The SMILES string of the molecule is CC(Oc1cc(-c2nn(C)c3c(-c4cnn(C5CCN(C)CC5)c4)cnc(N)c23)ccc1NS(=O)C(F)F)c1ccc(F)cc1. The third kappa shape index (κ3) is 6.25. The fraction of sp³-hybridized carbons (Fsp3) is 0.323. The first kappa shape index (κ1) is 30.6. The molecule has 45 heavy (non-hydrogen) atoms. The molecule has 3 aromatic heterocycles. The first-order valence-corrected chi connectivity index (χ1v) is 15.7. The number of nitrogen functional groups attached to an aromatic ring is 1. The van der Waals surface area contributed by atoms with E-state index >= 15 is 0 Å². The minimum atomic E-state index is -3.11. The second-order valence-corrected chi connectivity index (χ2v) is 12.3. The molecule has 2 atom stereocenters. The second-order valence-electron chi connectivity index (χ2n) is 11.2. The van der Waals surface area contributed by atoms with Crippen molar-refractivity contribution in [2.24, 2.45) is 7.05 Å². The van der Waals surface area contributed by atoms with Crippen LogP contribution in [0.5, 0.6) is 5.75 Å². The number of aromatic nitrogens is 5. The summed E-state index contributed by atoms with van der Waals surface area (Å²) in [5, 5.41) is 10.1. The van der Waals surface area contributed by atoms with Crippen molar-refractivity contribution in [2.45, 2.75) is 37.7 Å². The fourth-order valence-electron chi connectivity index (χ4n) is 5.68. The van der Waals surface area contributed by atoms with E-state index in [1.165, 1.54) is 18.2 Å². The molecular formula is C31H33F3N8O2S.